The number of benzene rings is 2. The number of rotatable bonds is 0. The SMILES string of the molecule is NC1=NCc2cc(Cl)c(c(Cl)c2)NC(=O)CNCCCCC=CCOc2ccc(cc2)C(=O)CC(=O)N1. The Bertz CT molecular complexity index is 1160. The van der Waals surface area contributed by atoms with Crippen molar-refractivity contribution >= 4 is 52.4 Å². The van der Waals surface area contributed by atoms with Crippen LogP contribution >= 0.6 is 23.2 Å². The van der Waals surface area contributed by atoms with Gasteiger partial charge in [-0.3, -0.25) is 19.7 Å². The molecule has 196 valence electrons. The molecule has 2 amide bonds. The number of hydrogen-bond acceptors (Lipinski definition) is 7. The van der Waals surface area contributed by atoms with Gasteiger partial charge in [0, 0.05) is 5.56 Å². The highest BCUT2D eigenvalue weighted by Gasteiger charge is 2.14. The van der Waals surface area contributed by atoms with Gasteiger partial charge in [-0.2, -0.15) is 0 Å². The first-order valence-electron chi connectivity index (χ1n) is 11.8. The largest absolute Gasteiger partial charge is 0.490 e. The first kappa shape index (κ1) is 28.2. The van der Waals surface area contributed by atoms with E-state index in [0.29, 0.717) is 35.7 Å². The number of Topliss-reactive ketones (excluding diaryl/α,β-unsaturated/α-hetero) is 1. The molecule has 3 aliphatic rings. The van der Waals surface area contributed by atoms with Gasteiger partial charge in [0.2, 0.25) is 11.8 Å². The molecule has 0 aliphatic carbocycles. The second kappa shape index (κ2) is 14.4. The summed E-state index contributed by atoms with van der Waals surface area (Å²) in [5.74, 6) is -0.743. The van der Waals surface area contributed by atoms with Gasteiger partial charge in [0.1, 0.15) is 12.4 Å². The van der Waals surface area contributed by atoms with Gasteiger partial charge >= 0.3 is 0 Å². The lowest BCUT2D eigenvalue weighted by atomic mass is 10.1. The Morgan fingerprint density at radius 1 is 0.919 bits per heavy atom. The number of halogens is 2. The molecule has 0 saturated carbocycles. The molecule has 0 unspecified atom stereocenters. The summed E-state index contributed by atoms with van der Waals surface area (Å²) in [4.78, 5) is 41.1. The summed E-state index contributed by atoms with van der Waals surface area (Å²) in [6, 6.07) is 9.80. The lowest BCUT2D eigenvalue weighted by Crippen LogP contribution is -2.37. The molecule has 0 fully saturated rings. The molecule has 0 spiro atoms. The predicted molar refractivity (Wildman–Crippen MR) is 145 cm³/mol. The third-order valence-electron chi connectivity index (χ3n) is 5.34. The zero-order chi connectivity index (χ0) is 26.6. The molecule has 37 heavy (non-hydrogen) atoms. The minimum Gasteiger partial charge on any atom is -0.490 e. The van der Waals surface area contributed by atoms with Gasteiger partial charge < -0.3 is 21.1 Å². The highest BCUT2D eigenvalue weighted by atomic mass is 35.5. The number of ketones is 1. The molecule has 5 rings (SSSR count). The molecular formula is C26H29Cl2N5O4. The van der Waals surface area contributed by atoms with Crippen molar-refractivity contribution in [2.75, 3.05) is 25.0 Å². The summed E-state index contributed by atoms with van der Waals surface area (Å²) in [5, 5.41) is 8.71. The van der Waals surface area contributed by atoms with Gasteiger partial charge in [-0.15, -0.1) is 0 Å². The van der Waals surface area contributed by atoms with E-state index >= 15 is 0 Å². The summed E-state index contributed by atoms with van der Waals surface area (Å²) in [7, 11) is 0. The molecule has 0 saturated heterocycles. The van der Waals surface area contributed by atoms with E-state index in [1.165, 1.54) is 0 Å². The molecule has 0 radical (unpaired) electrons. The van der Waals surface area contributed by atoms with Crippen LogP contribution in [0.1, 0.15) is 41.6 Å². The Hall–Kier alpha value is -3.40. The number of nitrogens with zero attached hydrogens (tertiary/aromatic N) is 1. The first-order chi connectivity index (χ1) is 17.8. The number of nitrogens with two attached hydrogens (primary N) is 1. The number of allylic oxidation sites excluding steroid dienone is 1. The zero-order valence-corrected chi connectivity index (χ0v) is 21.7. The maximum Gasteiger partial charge on any atom is 0.238 e. The van der Waals surface area contributed by atoms with Crippen molar-refractivity contribution in [3.63, 3.8) is 0 Å². The number of carbonyl (C=O) groups is 3. The molecule has 4 bridgehead atoms. The molecule has 9 nitrogen and oxygen atoms in total. The summed E-state index contributed by atoms with van der Waals surface area (Å²) in [6.07, 6.45) is 6.34. The Balaban J connectivity index is 1.70. The van der Waals surface area contributed by atoms with Crippen molar-refractivity contribution in [1.29, 1.82) is 0 Å². The molecule has 2 aromatic carbocycles. The zero-order valence-electron chi connectivity index (χ0n) is 20.2. The molecular weight excluding hydrogens is 517 g/mol. The van der Waals surface area contributed by atoms with Gasteiger partial charge in [-0.05, 0) is 67.8 Å². The summed E-state index contributed by atoms with van der Waals surface area (Å²) < 4.78 is 5.65. The maximum atomic E-state index is 12.4. The van der Waals surface area contributed by atoms with Crippen molar-refractivity contribution in [2.45, 2.75) is 32.2 Å². The third kappa shape index (κ3) is 9.53. The number of hydrogen-bond donors (Lipinski definition) is 4. The Kier molecular flexibility index (Phi) is 10.9. The molecule has 3 heterocycles. The first-order valence-corrected chi connectivity index (χ1v) is 12.6. The van der Waals surface area contributed by atoms with E-state index in [1.807, 2.05) is 12.2 Å². The standard InChI is InChI=1S/C26H29Cl2N5O4/c27-20-12-17-13-21(28)25(20)32-24(36)16-30-10-4-2-1-3-5-11-37-19-8-6-18(7-9-19)22(34)14-23(35)33-26(29)31-15-17/h3,5-9,12-13,30H,1-2,4,10-11,14-16H2,(H,32,36)(H3,29,31,33,35). The summed E-state index contributed by atoms with van der Waals surface area (Å²) >= 11 is 12.6. The van der Waals surface area contributed by atoms with E-state index in [2.05, 4.69) is 20.9 Å². The van der Waals surface area contributed by atoms with Crippen LogP contribution in [0.3, 0.4) is 0 Å². The van der Waals surface area contributed by atoms with Crippen LogP contribution in [0.15, 0.2) is 53.5 Å². The maximum absolute atomic E-state index is 12.4. The van der Waals surface area contributed by atoms with Gasteiger partial charge in [0.05, 0.1) is 35.2 Å². The number of nitrogens with one attached hydrogen (secondary N) is 3. The topological polar surface area (TPSA) is 135 Å². The van der Waals surface area contributed by atoms with E-state index in [-0.39, 0.29) is 47.2 Å². The number of aliphatic imine (C=N–C) groups is 1. The number of anilines is 1. The Morgan fingerprint density at radius 2 is 1.65 bits per heavy atom. The number of guanidine groups is 1. The van der Waals surface area contributed by atoms with Crippen molar-refractivity contribution in [3.05, 3.63) is 69.7 Å². The van der Waals surface area contributed by atoms with Crippen molar-refractivity contribution in [2.24, 2.45) is 10.7 Å². The molecule has 2 aromatic rings. The highest BCUT2D eigenvalue weighted by Crippen LogP contribution is 2.32. The molecule has 0 aromatic heterocycles. The average molecular weight is 546 g/mol. The van der Waals surface area contributed by atoms with Crippen LogP contribution < -0.4 is 26.4 Å². The van der Waals surface area contributed by atoms with Gasteiger partial charge in [-0.1, -0.05) is 35.4 Å². The Morgan fingerprint density at radius 3 is 2.38 bits per heavy atom. The fourth-order valence-corrected chi connectivity index (χ4v) is 4.08. The predicted octanol–water partition coefficient (Wildman–Crippen LogP) is 3.84. The normalized spacial score (nSPS) is 16.9. The van der Waals surface area contributed by atoms with E-state index in [0.717, 1.165) is 19.3 Å². The van der Waals surface area contributed by atoms with Crippen LogP contribution in [0.5, 0.6) is 5.75 Å². The molecule has 0 atom stereocenters. The minimum atomic E-state index is -0.586. The lowest BCUT2D eigenvalue weighted by Gasteiger charge is -2.12. The van der Waals surface area contributed by atoms with Crippen LogP contribution in [0.2, 0.25) is 10.0 Å². The molecule has 11 heteroatoms. The van der Waals surface area contributed by atoms with Crippen LogP contribution in [0, 0.1) is 0 Å². The minimum absolute atomic E-state index is 0.0750. The summed E-state index contributed by atoms with van der Waals surface area (Å²) in [6.45, 7) is 1.30. The Labute approximate surface area is 225 Å². The van der Waals surface area contributed by atoms with Gasteiger partial charge in [0.25, 0.3) is 0 Å². The van der Waals surface area contributed by atoms with E-state index in [1.54, 1.807) is 36.4 Å². The monoisotopic (exact) mass is 545 g/mol. The number of fused-ring (bicyclic) bond motifs is 2. The van der Waals surface area contributed by atoms with Gasteiger partial charge in [-0.25, -0.2) is 4.99 Å². The fourth-order valence-electron chi connectivity index (χ4n) is 3.45. The number of amides is 2. The van der Waals surface area contributed by atoms with Crippen LogP contribution in [0.4, 0.5) is 5.69 Å². The van der Waals surface area contributed by atoms with Crippen LogP contribution in [-0.2, 0) is 16.1 Å². The smallest absolute Gasteiger partial charge is 0.238 e. The second-order valence-corrected chi connectivity index (χ2v) is 9.13. The second-order valence-electron chi connectivity index (χ2n) is 8.31. The lowest BCUT2D eigenvalue weighted by molar-refractivity contribution is -0.119. The van der Waals surface area contributed by atoms with Crippen molar-refractivity contribution in [3.8, 4) is 5.75 Å². The average Bonchev–Trinajstić information content (AvgIpc) is 2.85. The molecule has 5 N–H and O–H groups in total. The number of carbonyl (C=O) groups excluding carboxylic acids is 3. The highest BCUT2D eigenvalue weighted by molar-refractivity contribution is 6.39. The van der Waals surface area contributed by atoms with Crippen molar-refractivity contribution < 1.29 is 19.1 Å². The van der Waals surface area contributed by atoms with E-state index in [4.69, 9.17) is 33.7 Å². The van der Waals surface area contributed by atoms with Crippen LogP contribution in [-0.4, -0.2) is 43.3 Å². The quantitative estimate of drug-likeness (QED) is 0.293. The third-order valence-corrected chi connectivity index (χ3v) is 5.93. The van der Waals surface area contributed by atoms with Gasteiger partial charge in [0.15, 0.2) is 11.7 Å². The van der Waals surface area contributed by atoms with Crippen LogP contribution in [0.25, 0.3) is 0 Å². The summed E-state index contributed by atoms with van der Waals surface area (Å²) in [5.41, 5.74) is 7.11. The van der Waals surface area contributed by atoms with E-state index < -0.39 is 5.91 Å². The molecule has 3 aliphatic heterocycles. The fraction of sp³-hybridized carbons (Fsp3) is 0.308. The van der Waals surface area contributed by atoms with Crippen molar-refractivity contribution in [1.82, 2.24) is 10.6 Å². The van der Waals surface area contributed by atoms with E-state index in [9.17, 15) is 14.4 Å². The number of ether oxygens (including phenoxy) is 1.